The number of halogens is 5. The molecular formula is C34H11F5N6O. The van der Waals surface area contributed by atoms with Crippen LogP contribution in [-0.4, -0.2) is 6.36 Å². The topological polar surface area (TPSA) is 93.7 Å². The van der Waals surface area contributed by atoms with E-state index < -0.39 is 57.5 Å². The van der Waals surface area contributed by atoms with Crippen molar-refractivity contribution in [2.45, 2.75) is 13.3 Å². The van der Waals surface area contributed by atoms with Gasteiger partial charge in [-0.3, -0.25) is 0 Å². The molecule has 218 valence electrons. The summed E-state index contributed by atoms with van der Waals surface area (Å²) < 4.78 is 75.2. The zero-order valence-electron chi connectivity index (χ0n) is 23.1. The molecule has 3 aromatic rings. The highest BCUT2D eigenvalue weighted by molar-refractivity contribution is 6.26. The van der Waals surface area contributed by atoms with Gasteiger partial charge in [-0.25, -0.2) is 33.8 Å². The van der Waals surface area contributed by atoms with Crippen molar-refractivity contribution in [1.29, 1.82) is 15.8 Å². The fourth-order valence-electron chi connectivity index (χ4n) is 5.46. The molecule has 46 heavy (non-hydrogen) atoms. The van der Waals surface area contributed by atoms with Crippen LogP contribution in [0.2, 0.25) is 0 Å². The average molecular weight is 614 g/mol. The van der Waals surface area contributed by atoms with Gasteiger partial charge in [0, 0.05) is 22.3 Å². The average Bonchev–Trinajstić information content (AvgIpc) is 3.50. The number of fused-ring (bicyclic) bond motifs is 2. The molecule has 0 amide bonds. The van der Waals surface area contributed by atoms with Crippen LogP contribution in [0.4, 0.5) is 22.0 Å². The monoisotopic (exact) mass is 614 g/mol. The molecular weight excluding hydrogens is 603 g/mol. The molecule has 0 heterocycles. The van der Waals surface area contributed by atoms with E-state index in [-0.39, 0.29) is 39.0 Å². The van der Waals surface area contributed by atoms with Crippen LogP contribution in [0.3, 0.4) is 0 Å². The van der Waals surface area contributed by atoms with Crippen LogP contribution in [-0.2, 0) is 0 Å². The van der Waals surface area contributed by atoms with E-state index in [9.17, 15) is 29.0 Å². The number of hydrogen-bond acceptors (Lipinski definition) is 4. The lowest BCUT2D eigenvalue weighted by atomic mass is 9.90. The van der Waals surface area contributed by atoms with Crippen molar-refractivity contribution in [3.8, 4) is 24.0 Å². The smallest absolute Gasteiger partial charge is 0.406 e. The van der Waals surface area contributed by atoms with E-state index in [0.717, 1.165) is 18.2 Å². The van der Waals surface area contributed by atoms with Crippen molar-refractivity contribution in [1.82, 2.24) is 0 Å². The molecule has 12 heteroatoms. The van der Waals surface area contributed by atoms with Crippen LogP contribution < -0.4 is 4.74 Å². The summed E-state index contributed by atoms with van der Waals surface area (Å²) in [5.41, 5.74) is -2.77. The zero-order valence-corrected chi connectivity index (χ0v) is 23.1. The normalized spacial score (nSPS) is 15.4. The van der Waals surface area contributed by atoms with Crippen molar-refractivity contribution in [2.24, 2.45) is 0 Å². The van der Waals surface area contributed by atoms with Gasteiger partial charge in [0.05, 0.1) is 37.4 Å². The minimum atomic E-state index is -5.09. The Hall–Kier alpha value is -6.99. The first kappa shape index (κ1) is 30.5. The Kier molecular flexibility index (Phi) is 7.46. The highest BCUT2D eigenvalue weighted by atomic mass is 19.4. The minimum absolute atomic E-state index is 0.0519. The van der Waals surface area contributed by atoms with Gasteiger partial charge >= 0.3 is 6.36 Å². The second kappa shape index (κ2) is 11.3. The van der Waals surface area contributed by atoms with Gasteiger partial charge in [-0.15, -0.1) is 13.2 Å². The van der Waals surface area contributed by atoms with Crippen molar-refractivity contribution < 1.29 is 26.7 Å². The molecule has 2 aliphatic carbocycles. The molecule has 0 aliphatic heterocycles. The minimum Gasteiger partial charge on any atom is -0.406 e. The standard InChI is InChI=1S/C34H11F5N6O/c1-16-5-7-18-20(9-16)24(13-40)29(30(18)27(14-41)43-2)22-11-26(36)23(12-25(22)35)32-31(28(15-42)44-3)19-8-6-17(46-34(37,38)39)10-21(19)33(32)45-4/h5-12H,1H3/b30-27+,31-28-. The van der Waals surface area contributed by atoms with Crippen molar-refractivity contribution in [2.75, 3.05) is 0 Å². The number of allylic oxidation sites excluding steroid dienone is 7. The van der Waals surface area contributed by atoms with Crippen molar-refractivity contribution in [3.05, 3.63) is 145 Å². The van der Waals surface area contributed by atoms with E-state index >= 15 is 8.78 Å². The SMILES string of the molecule is [C-]#[N+]C1=C(c2cc(F)c(C3=C(C#N)c4cc(C)ccc4/C3=C(/C#N)[N+]#[C-])cc2F)/C(=C(/C#N)[N+]#[C-])c2ccc(OC(F)(F)F)cc21. The van der Waals surface area contributed by atoms with Crippen LogP contribution >= 0.6 is 0 Å². The molecule has 0 saturated carbocycles. The second-order valence-electron chi connectivity index (χ2n) is 9.71. The molecule has 0 N–H and O–H groups in total. The molecule has 0 unspecified atom stereocenters. The van der Waals surface area contributed by atoms with Crippen molar-refractivity contribution in [3.63, 3.8) is 0 Å². The van der Waals surface area contributed by atoms with E-state index in [1.165, 1.54) is 0 Å². The number of hydrogen-bond donors (Lipinski definition) is 0. The van der Waals surface area contributed by atoms with Gasteiger partial charge in [0.25, 0.3) is 11.4 Å². The van der Waals surface area contributed by atoms with Gasteiger partial charge in [-0.2, -0.15) is 5.26 Å². The summed E-state index contributed by atoms with van der Waals surface area (Å²) in [5.74, 6) is -3.07. The fourth-order valence-corrected chi connectivity index (χ4v) is 5.46. The van der Waals surface area contributed by atoms with Gasteiger partial charge in [0.15, 0.2) is 0 Å². The highest BCUT2D eigenvalue weighted by Gasteiger charge is 2.37. The first-order chi connectivity index (χ1) is 21.9. The van der Waals surface area contributed by atoms with Gasteiger partial charge in [-0.1, -0.05) is 29.8 Å². The Labute approximate surface area is 258 Å². The first-order valence-electron chi connectivity index (χ1n) is 12.7. The third-order valence-corrected chi connectivity index (χ3v) is 7.18. The molecule has 2 aliphatic rings. The van der Waals surface area contributed by atoms with Crippen LogP contribution in [0.1, 0.15) is 38.9 Å². The van der Waals surface area contributed by atoms with Crippen LogP contribution in [0.15, 0.2) is 59.9 Å². The molecule has 0 aromatic heterocycles. The van der Waals surface area contributed by atoms with Gasteiger partial charge in [-0.05, 0) is 64.6 Å². The highest BCUT2D eigenvalue weighted by Crippen LogP contribution is 2.53. The zero-order chi connectivity index (χ0) is 33.5. The van der Waals surface area contributed by atoms with Crippen LogP contribution in [0.25, 0.3) is 48.1 Å². The number of benzene rings is 3. The lowest BCUT2D eigenvalue weighted by Crippen LogP contribution is -2.17. The Balaban J connectivity index is 1.82. The maximum Gasteiger partial charge on any atom is 0.573 e. The number of nitrogens with zero attached hydrogens (tertiary/aromatic N) is 6. The quantitative estimate of drug-likeness (QED) is 0.168. The van der Waals surface area contributed by atoms with Gasteiger partial charge in [0.1, 0.15) is 23.5 Å². The largest absolute Gasteiger partial charge is 0.573 e. The van der Waals surface area contributed by atoms with E-state index in [1.54, 1.807) is 37.3 Å². The molecule has 3 aromatic carbocycles. The molecule has 0 fully saturated rings. The Morgan fingerprint density at radius 3 is 1.78 bits per heavy atom. The van der Waals surface area contributed by atoms with E-state index in [0.29, 0.717) is 23.3 Å². The number of alkyl halides is 3. The summed E-state index contributed by atoms with van der Waals surface area (Å²) in [4.78, 5) is 9.71. The van der Waals surface area contributed by atoms with E-state index in [2.05, 4.69) is 19.3 Å². The lowest BCUT2D eigenvalue weighted by molar-refractivity contribution is -0.274. The van der Waals surface area contributed by atoms with Crippen molar-refractivity contribution >= 4 is 33.6 Å². The summed E-state index contributed by atoms with van der Waals surface area (Å²) in [6.45, 7) is 24.5. The summed E-state index contributed by atoms with van der Waals surface area (Å²) in [6.07, 6.45) is -5.09. The molecule has 0 spiro atoms. The Bertz CT molecular complexity index is 2290. The molecule has 0 saturated heterocycles. The van der Waals surface area contributed by atoms with E-state index in [1.807, 2.05) is 6.07 Å². The Morgan fingerprint density at radius 2 is 1.26 bits per heavy atom. The fraction of sp³-hybridized carbons (Fsp3) is 0.0588. The Morgan fingerprint density at radius 1 is 0.717 bits per heavy atom. The molecule has 0 atom stereocenters. The third-order valence-electron chi connectivity index (χ3n) is 7.18. The third kappa shape index (κ3) is 4.80. The molecule has 5 rings (SSSR count). The van der Waals surface area contributed by atoms with Gasteiger partial charge < -0.3 is 4.74 Å². The summed E-state index contributed by atoms with van der Waals surface area (Å²) in [5, 5.41) is 29.5. The predicted molar refractivity (Wildman–Crippen MR) is 155 cm³/mol. The first-order valence-corrected chi connectivity index (χ1v) is 12.7. The van der Waals surface area contributed by atoms with Gasteiger partial charge in [0.2, 0.25) is 5.70 Å². The summed E-state index contributed by atoms with van der Waals surface area (Å²) >= 11 is 0. The predicted octanol–water partition coefficient (Wildman–Crippen LogP) is 8.73. The lowest BCUT2D eigenvalue weighted by Gasteiger charge is -2.15. The molecule has 7 nitrogen and oxygen atoms in total. The van der Waals surface area contributed by atoms with Crippen LogP contribution in [0, 0.1) is 72.3 Å². The van der Waals surface area contributed by atoms with Crippen LogP contribution in [0.5, 0.6) is 5.75 Å². The maximum atomic E-state index is 16.2. The molecule has 0 radical (unpaired) electrons. The number of rotatable bonds is 3. The summed E-state index contributed by atoms with van der Waals surface area (Å²) in [6, 6.07) is 14.3. The molecule has 0 bridgehead atoms. The summed E-state index contributed by atoms with van der Waals surface area (Å²) in [7, 11) is 0. The second-order valence-corrected chi connectivity index (χ2v) is 9.71. The van der Waals surface area contributed by atoms with E-state index in [4.69, 9.17) is 19.7 Å². The number of ether oxygens (including phenoxy) is 1. The number of nitriles is 3. The number of aryl methyl sites for hydroxylation is 1. The maximum absolute atomic E-state index is 16.2.